The first-order valence-electron chi connectivity index (χ1n) is 9.76. The van der Waals surface area contributed by atoms with Gasteiger partial charge in [0.25, 0.3) is 21.9 Å². The van der Waals surface area contributed by atoms with Crippen LogP contribution in [0, 0.1) is 0 Å². The van der Waals surface area contributed by atoms with Crippen LogP contribution < -0.4 is 10.6 Å². The Morgan fingerprint density at radius 3 is 2.40 bits per heavy atom. The summed E-state index contributed by atoms with van der Waals surface area (Å²) in [7, 11) is -3.79. The van der Waals surface area contributed by atoms with E-state index in [1.54, 1.807) is 31.2 Å². The molecular weight excluding hydrogens is 410 g/mol. The van der Waals surface area contributed by atoms with E-state index in [0.29, 0.717) is 17.8 Å². The second kappa shape index (κ2) is 8.92. The summed E-state index contributed by atoms with van der Waals surface area (Å²) in [5, 5.41) is 13.6. The highest BCUT2D eigenvalue weighted by molar-refractivity contribution is 7.86. The molecule has 1 aliphatic rings. The smallest absolute Gasteiger partial charge is 0.274 e. The van der Waals surface area contributed by atoms with E-state index in [1.165, 1.54) is 4.68 Å². The molecule has 2 N–H and O–H groups in total. The summed E-state index contributed by atoms with van der Waals surface area (Å²) in [6.07, 6.45) is 2.08. The predicted octanol–water partition coefficient (Wildman–Crippen LogP) is 1.34. The molecule has 0 saturated heterocycles. The van der Waals surface area contributed by atoms with Gasteiger partial charge in [-0.1, -0.05) is 12.1 Å². The summed E-state index contributed by atoms with van der Waals surface area (Å²) in [6, 6.07) is 6.64. The Balaban J connectivity index is 2.01. The lowest BCUT2D eigenvalue weighted by molar-refractivity contribution is 0.0936. The summed E-state index contributed by atoms with van der Waals surface area (Å²) >= 11 is 0. The summed E-state index contributed by atoms with van der Waals surface area (Å²) in [4.78, 5) is 24.7. The van der Waals surface area contributed by atoms with Crippen molar-refractivity contribution in [3.63, 3.8) is 0 Å². The van der Waals surface area contributed by atoms with Gasteiger partial charge in [0.05, 0.1) is 11.9 Å². The maximum Gasteiger partial charge on any atom is 0.274 e. The molecule has 2 aromatic rings. The molecule has 1 aromatic carbocycles. The van der Waals surface area contributed by atoms with Gasteiger partial charge >= 0.3 is 0 Å². The van der Waals surface area contributed by atoms with Gasteiger partial charge in [0.1, 0.15) is 11.8 Å². The first kappa shape index (κ1) is 21.9. The lowest BCUT2D eigenvalue weighted by atomic mass is 10.1. The topological polar surface area (TPSA) is 132 Å². The third-order valence-corrected chi connectivity index (χ3v) is 5.09. The van der Waals surface area contributed by atoms with Crippen molar-refractivity contribution in [2.75, 3.05) is 12.8 Å². The number of amides is 2. The van der Waals surface area contributed by atoms with Crippen LogP contribution in [0.1, 0.15) is 65.8 Å². The van der Waals surface area contributed by atoms with Gasteiger partial charge in [-0.3, -0.25) is 13.8 Å². The molecule has 1 aromatic heterocycles. The van der Waals surface area contributed by atoms with Gasteiger partial charge in [-0.25, -0.2) is 4.68 Å². The highest BCUT2D eigenvalue weighted by Gasteiger charge is 2.32. The van der Waals surface area contributed by atoms with Gasteiger partial charge in [-0.05, 0) is 50.5 Å². The average molecular weight is 436 g/mol. The molecule has 1 heterocycles. The maximum atomic E-state index is 12.7. The van der Waals surface area contributed by atoms with E-state index in [0.717, 1.165) is 19.1 Å². The fourth-order valence-electron chi connectivity index (χ4n) is 2.95. The number of aromatic nitrogens is 3. The first-order valence-corrected chi connectivity index (χ1v) is 11.6. The van der Waals surface area contributed by atoms with Crippen LogP contribution >= 0.6 is 0 Å². The van der Waals surface area contributed by atoms with E-state index in [9.17, 15) is 18.0 Å². The molecule has 1 fully saturated rings. The number of carbonyl (C=O) groups excluding carboxylic acids is 2. The van der Waals surface area contributed by atoms with Gasteiger partial charge in [-0.2, -0.15) is 8.42 Å². The average Bonchev–Trinajstić information content (AvgIpc) is 3.40. The van der Waals surface area contributed by atoms with Crippen molar-refractivity contribution in [1.82, 2.24) is 25.6 Å². The van der Waals surface area contributed by atoms with Crippen LogP contribution in [-0.2, 0) is 14.3 Å². The zero-order chi connectivity index (χ0) is 21.9. The Morgan fingerprint density at radius 2 is 1.87 bits per heavy atom. The van der Waals surface area contributed by atoms with Crippen LogP contribution in [0.15, 0.2) is 24.3 Å². The van der Waals surface area contributed by atoms with Gasteiger partial charge in [0.2, 0.25) is 0 Å². The van der Waals surface area contributed by atoms with E-state index < -0.39 is 22.1 Å². The lowest BCUT2D eigenvalue weighted by Gasteiger charge is -2.17. The molecule has 2 amide bonds. The van der Waals surface area contributed by atoms with Crippen molar-refractivity contribution in [1.29, 1.82) is 0 Å². The van der Waals surface area contributed by atoms with E-state index in [-0.39, 0.29) is 29.8 Å². The largest absolute Gasteiger partial charge is 0.352 e. The van der Waals surface area contributed by atoms with Crippen molar-refractivity contribution in [3.05, 3.63) is 41.2 Å². The van der Waals surface area contributed by atoms with Gasteiger partial charge in [-0.15, -0.1) is 5.10 Å². The van der Waals surface area contributed by atoms with E-state index >= 15 is 0 Å². The molecule has 0 radical (unpaired) electrons. The Kier molecular flexibility index (Phi) is 6.52. The van der Waals surface area contributed by atoms with Crippen molar-refractivity contribution >= 4 is 21.9 Å². The van der Waals surface area contributed by atoms with Crippen LogP contribution in [0.3, 0.4) is 0 Å². The van der Waals surface area contributed by atoms with E-state index in [2.05, 4.69) is 20.9 Å². The van der Waals surface area contributed by atoms with Crippen molar-refractivity contribution < 1.29 is 22.2 Å². The molecule has 0 aliphatic heterocycles. The summed E-state index contributed by atoms with van der Waals surface area (Å²) < 4.78 is 30.2. The minimum Gasteiger partial charge on any atom is -0.352 e. The Hall–Kier alpha value is -2.79. The number of benzene rings is 1. The van der Waals surface area contributed by atoms with Crippen LogP contribution in [0.5, 0.6) is 0 Å². The Labute approximate surface area is 175 Å². The quantitative estimate of drug-likeness (QED) is 0.568. The molecule has 30 heavy (non-hydrogen) atoms. The first-order chi connectivity index (χ1) is 14.2. The molecule has 1 aliphatic carbocycles. The van der Waals surface area contributed by atoms with Crippen LogP contribution in [0.4, 0.5) is 0 Å². The van der Waals surface area contributed by atoms with Crippen LogP contribution in [0.2, 0.25) is 0 Å². The molecule has 1 atom stereocenters. The highest BCUT2D eigenvalue weighted by atomic mass is 32.2. The number of rotatable bonds is 9. The van der Waals surface area contributed by atoms with Crippen LogP contribution in [0.25, 0.3) is 5.69 Å². The summed E-state index contributed by atoms with van der Waals surface area (Å²) in [5.74, 6) is -0.632. The molecule has 11 heteroatoms. The fraction of sp³-hybridized carbons (Fsp3) is 0.474. The number of hydrogen-bond acceptors (Lipinski definition) is 7. The lowest BCUT2D eigenvalue weighted by Crippen LogP contribution is -2.28. The third kappa shape index (κ3) is 5.22. The monoisotopic (exact) mass is 435 g/mol. The number of hydrogen-bond donors (Lipinski definition) is 2. The SMILES string of the molecule is CCNC(=O)c1ccc(-n2nnc(C(=O)NC3CC3)c2C(CC)OS(C)(=O)=O)cc1. The minimum atomic E-state index is -3.79. The Morgan fingerprint density at radius 1 is 1.20 bits per heavy atom. The van der Waals surface area contributed by atoms with Crippen molar-refractivity contribution in [3.8, 4) is 5.69 Å². The number of carbonyl (C=O) groups is 2. The normalized spacial score (nSPS) is 14.9. The molecule has 0 spiro atoms. The van der Waals surface area contributed by atoms with Gasteiger partial charge in [0.15, 0.2) is 5.69 Å². The van der Waals surface area contributed by atoms with Gasteiger partial charge in [0, 0.05) is 18.2 Å². The molecular formula is C19H25N5O5S. The second-order valence-electron chi connectivity index (χ2n) is 7.09. The molecule has 1 saturated carbocycles. The fourth-order valence-corrected chi connectivity index (χ4v) is 3.60. The molecule has 162 valence electrons. The third-order valence-electron chi connectivity index (χ3n) is 4.51. The molecule has 1 unspecified atom stereocenters. The van der Waals surface area contributed by atoms with E-state index in [1.807, 2.05) is 6.92 Å². The molecule has 0 bridgehead atoms. The highest BCUT2D eigenvalue weighted by Crippen LogP contribution is 2.28. The second-order valence-corrected chi connectivity index (χ2v) is 8.69. The standard InChI is InChI=1S/C19H25N5O5S/c1-4-15(29-30(3,27)28)17-16(19(26)21-13-8-9-13)22-23-24(17)14-10-6-12(7-11-14)18(25)20-5-2/h6-7,10-11,13,15H,4-5,8-9H2,1-3H3,(H,20,25)(H,21,26). The minimum absolute atomic E-state index is 0.0187. The number of nitrogens with one attached hydrogen (secondary N) is 2. The van der Waals surface area contributed by atoms with Crippen molar-refractivity contribution in [2.24, 2.45) is 0 Å². The zero-order valence-electron chi connectivity index (χ0n) is 17.1. The summed E-state index contributed by atoms with van der Waals surface area (Å²) in [6.45, 7) is 4.08. The van der Waals surface area contributed by atoms with Crippen LogP contribution in [-0.4, -0.2) is 54.1 Å². The number of nitrogens with zero attached hydrogens (tertiary/aromatic N) is 3. The van der Waals surface area contributed by atoms with E-state index in [4.69, 9.17) is 4.18 Å². The van der Waals surface area contributed by atoms with Gasteiger partial charge < -0.3 is 10.6 Å². The maximum absolute atomic E-state index is 12.7. The molecule has 3 rings (SSSR count). The van der Waals surface area contributed by atoms with Crippen molar-refractivity contribution in [2.45, 2.75) is 45.3 Å². The summed E-state index contributed by atoms with van der Waals surface area (Å²) in [5.41, 5.74) is 1.25. The Bertz CT molecular complexity index is 1030. The predicted molar refractivity (Wildman–Crippen MR) is 109 cm³/mol. The zero-order valence-corrected chi connectivity index (χ0v) is 17.9. The molecule has 10 nitrogen and oxygen atoms in total.